The first-order chi connectivity index (χ1) is 8.80. The van der Waals surface area contributed by atoms with Gasteiger partial charge >= 0.3 is 12.0 Å². The van der Waals surface area contributed by atoms with Crippen molar-refractivity contribution in [3.63, 3.8) is 0 Å². The van der Waals surface area contributed by atoms with E-state index in [9.17, 15) is 9.59 Å². The molecule has 0 saturated heterocycles. The van der Waals surface area contributed by atoms with Gasteiger partial charge in [0.1, 0.15) is 6.04 Å². The molecule has 0 saturated carbocycles. The topological polar surface area (TPSA) is 104 Å². The maximum Gasteiger partial charge on any atom is 0.326 e. The van der Waals surface area contributed by atoms with Crippen LogP contribution in [0.15, 0.2) is 18.3 Å². The van der Waals surface area contributed by atoms with E-state index in [0.717, 1.165) is 0 Å². The van der Waals surface area contributed by atoms with Gasteiger partial charge in [-0.3, -0.25) is 0 Å². The minimum Gasteiger partial charge on any atom is -0.480 e. The largest absolute Gasteiger partial charge is 0.480 e. The lowest BCUT2D eigenvalue weighted by Gasteiger charge is -2.27. The van der Waals surface area contributed by atoms with E-state index in [-0.39, 0.29) is 6.54 Å². The fraction of sp³-hybridized carbons (Fsp3) is 0.500. The molecule has 0 aromatic carbocycles. The third kappa shape index (κ3) is 4.90. The van der Waals surface area contributed by atoms with Gasteiger partial charge in [-0.25, -0.2) is 9.59 Å². The molecule has 0 aliphatic heterocycles. The summed E-state index contributed by atoms with van der Waals surface area (Å²) in [7, 11) is 0. The smallest absolute Gasteiger partial charge is 0.326 e. The summed E-state index contributed by atoms with van der Waals surface area (Å²) >= 11 is 0. The van der Waals surface area contributed by atoms with E-state index in [2.05, 4.69) is 20.8 Å². The molecule has 0 fully saturated rings. The van der Waals surface area contributed by atoms with Gasteiger partial charge in [0.05, 0.1) is 12.2 Å². The number of carbonyl (C=O) groups excluding carboxylic acids is 1. The SMILES string of the molecule is CC(C)(C)C(NC(=O)NCc1cccnn1)C(=O)O. The number of amides is 2. The zero-order valence-electron chi connectivity index (χ0n) is 11.2. The monoisotopic (exact) mass is 266 g/mol. The van der Waals surface area contributed by atoms with Crippen molar-refractivity contribution in [2.24, 2.45) is 5.41 Å². The van der Waals surface area contributed by atoms with E-state index in [1.54, 1.807) is 32.9 Å². The molecule has 1 rings (SSSR count). The number of carboxylic acids is 1. The molecule has 2 amide bonds. The van der Waals surface area contributed by atoms with E-state index in [0.29, 0.717) is 5.69 Å². The molecule has 0 radical (unpaired) electrons. The number of nitrogens with one attached hydrogen (secondary N) is 2. The van der Waals surface area contributed by atoms with Gasteiger partial charge < -0.3 is 15.7 Å². The second kappa shape index (κ2) is 6.12. The fourth-order valence-electron chi connectivity index (χ4n) is 1.43. The molecule has 1 aromatic heterocycles. The van der Waals surface area contributed by atoms with Crippen molar-refractivity contribution in [1.82, 2.24) is 20.8 Å². The molecule has 0 bridgehead atoms. The number of aliphatic carboxylic acids is 1. The average molecular weight is 266 g/mol. The normalized spacial score (nSPS) is 12.6. The van der Waals surface area contributed by atoms with Gasteiger partial charge in [0.25, 0.3) is 0 Å². The minimum absolute atomic E-state index is 0.191. The highest BCUT2D eigenvalue weighted by atomic mass is 16.4. The Hall–Kier alpha value is -2.18. The summed E-state index contributed by atoms with van der Waals surface area (Å²) in [6.45, 7) is 5.42. The average Bonchev–Trinajstić information content (AvgIpc) is 2.33. The lowest BCUT2D eigenvalue weighted by Crippen LogP contribution is -2.52. The molecule has 104 valence electrons. The first-order valence-corrected chi connectivity index (χ1v) is 5.84. The highest BCUT2D eigenvalue weighted by molar-refractivity contribution is 5.83. The Bertz CT molecular complexity index is 442. The predicted molar refractivity (Wildman–Crippen MR) is 68.3 cm³/mol. The van der Waals surface area contributed by atoms with Crippen LogP contribution in [0, 0.1) is 5.41 Å². The van der Waals surface area contributed by atoms with Crippen LogP contribution in [0.4, 0.5) is 4.79 Å². The van der Waals surface area contributed by atoms with E-state index in [4.69, 9.17) is 5.11 Å². The van der Waals surface area contributed by atoms with Crippen molar-refractivity contribution in [1.29, 1.82) is 0 Å². The molecule has 1 unspecified atom stereocenters. The van der Waals surface area contributed by atoms with Crippen molar-refractivity contribution in [3.8, 4) is 0 Å². The quantitative estimate of drug-likeness (QED) is 0.747. The molecular formula is C12H18N4O3. The molecule has 0 spiro atoms. The van der Waals surface area contributed by atoms with Crippen LogP contribution in [-0.2, 0) is 11.3 Å². The first kappa shape index (κ1) is 14.9. The Kier molecular flexibility index (Phi) is 4.80. The van der Waals surface area contributed by atoms with Crippen LogP contribution >= 0.6 is 0 Å². The molecule has 7 heteroatoms. The van der Waals surface area contributed by atoms with E-state index in [1.165, 1.54) is 6.20 Å². The first-order valence-electron chi connectivity index (χ1n) is 5.84. The van der Waals surface area contributed by atoms with Crippen LogP contribution in [0.25, 0.3) is 0 Å². The van der Waals surface area contributed by atoms with Gasteiger partial charge in [0, 0.05) is 6.20 Å². The maximum absolute atomic E-state index is 11.6. The van der Waals surface area contributed by atoms with Gasteiger partial charge in [-0.05, 0) is 17.5 Å². The molecule has 19 heavy (non-hydrogen) atoms. The Morgan fingerprint density at radius 3 is 2.58 bits per heavy atom. The summed E-state index contributed by atoms with van der Waals surface area (Å²) < 4.78 is 0. The van der Waals surface area contributed by atoms with Gasteiger partial charge in [-0.1, -0.05) is 20.8 Å². The van der Waals surface area contributed by atoms with Crippen LogP contribution in [0.1, 0.15) is 26.5 Å². The second-order valence-electron chi connectivity index (χ2n) is 5.18. The number of hydrogen-bond acceptors (Lipinski definition) is 4. The highest BCUT2D eigenvalue weighted by Crippen LogP contribution is 2.19. The van der Waals surface area contributed by atoms with Crippen molar-refractivity contribution in [2.45, 2.75) is 33.4 Å². The highest BCUT2D eigenvalue weighted by Gasteiger charge is 2.32. The lowest BCUT2D eigenvalue weighted by molar-refractivity contribution is -0.141. The molecule has 1 heterocycles. The molecule has 3 N–H and O–H groups in total. The van der Waals surface area contributed by atoms with Crippen molar-refractivity contribution >= 4 is 12.0 Å². The number of nitrogens with zero attached hydrogens (tertiary/aromatic N) is 2. The molecule has 1 atom stereocenters. The van der Waals surface area contributed by atoms with Crippen LogP contribution < -0.4 is 10.6 Å². The van der Waals surface area contributed by atoms with Gasteiger partial charge in [-0.15, -0.1) is 0 Å². The summed E-state index contributed by atoms with van der Waals surface area (Å²) in [6, 6.07) is 1.91. The number of carbonyl (C=O) groups is 2. The van der Waals surface area contributed by atoms with Crippen molar-refractivity contribution < 1.29 is 14.7 Å². The third-order valence-electron chi connectivity index (χ3n) is 2.45. The van der Waals surface area contributed by atoms with Crippen molar-refractivity contribution in [2.75, 3.05) is 0 Å². The van der Waals surface area contributed by atoms with Gasteiger partial charge in [-0.2, -0.15) is 10.2 Å². The summed E-state index contributed by atoms with van der Waals surface area (Å²) in [4.78, 5) is 22.7. The Balaban J connectivity index is 2.52. The number of hydrogen-bond donors (Lipinski definition) is 3. The predicted octanol–water partition coefficient (Wildman–Crippen LogP) is 0.775. The van der Waals surface area contributed by atoms with Crippen LogP contribution in [-0.4, -0.2) is 33.3 Å². The summed E-state index contributed by atoms with van der Waals surface area (Å²) in [5, 5.41) is 21.5. The minimum atomic E-state index is -1.07. The van der Waals surface area contributed by atoms with E-state index in [1.807, 2.05) is 0 Å². The molecule has 7 nitrogen and oxygen atoms in total. The fourth-order valence-corrected chi connectivity index (χ4v) is 1.43. The van der Waals surface area contributed by atoms with Gasteiger partial charge in [0.2, 0.25) is 0 Å². The third-order valence-corrected chi connectivity index (χ3v) is 2.45. The van der Waals surface area contributed by atoms with Gasteiger partial charge in [0.15, 0.2) is 0 Å². The lowest BCUT2D eigenvalue weighted by atomic mass is 9.87. The Morgan fingerprint density at radius 1 is 1.42 bits per heavy atom. The molecule has 0 aliphatic carbocycles. The Morgan fingerprint density at radius 2 is 2.11 bits per heavy atom. The van der Waals surface area contributed by atoms with Crippen LogP contribution in [0.3, 0.4) is 0 Å². The van der Waals surface area contributed by atoms with E-state index >= 15 is 0 Å². The van der Waals surface area contributed by atoms with Crippen LogP contribution in [0.5, 0.6) is 0 Å². The maximum atomic E-state index is 11.6. The molecule has 0 aliphatic rings. The number of aromatic nitrogens is 2. The Labute approximate surface area is 111 Å². The summed E-state index contributed by atoms with van der Waals surface area (Å²) in [6.07, 6.45) is 1.53. The van der Waals surface area contributed by atoms with Crippen molar-refractivity contribution in [3.05, 3.63) is 24.0 Å². The zero-order valence-corrected chi connectivity index (χ0v) is 11.2. The number of urea groups is 1. The van der Waals surface area contributed by atoms with E-state index < -0.39 is 23.5 Å². The summed E-state index contributed by atoms with van der Waals surface area (Å²) in [5.41, 5.74) is 0.0238. The second-order valence-corrected chi connectivity index (χ2v) is 5.18. The molecule has 1 aromatic rings. The standard InChI is InChI=1S/C12H18N4O3/c1-12(2,3)9(10(17)18)15-11(19)13-7-8-5-4-6-14-16-8/h4-6,9H,7H2,1-3H3,(H,17,18)(H2,13,15,19). The van der Waals surface area contributed by atoms with Crippen LogP contribution in [0.2, 0.25) is 0 Å². The summed E-state index contributed by atoms with van der Waals surface area (Å²) in [5.74, 6) is -1.07. The number of rotatable bonds is 4. The zero-order chi connectivity index (χ0) is 14.5. The molecular weight excluding hydrogens is 248 g/mol. The number of carboxylic acid groups (broad SMARTS) is 1.